The molecule has 0 bridgehead atoms. The van der Waals surface area contributed by atoms with Crippen molar-refractivity contribution in [3.63, 3.8) is 0 Å². The quantitative estimate of drug-likeness (QED) is 0.585. The van der Waals surface area contributed by atoms with Crippen LogP contribution in [0.15, 0.2) is 62.3 Å². The number of rotatable bonds is 4. The van der Waals surface area contributed by atoms with E-state index in [1.54, 1.807) is 0 Å². The Balaban J connectivity index is 1.76. The monoisotopic (exact) mass is 427 g/mol. The van der Waals surface area contributed by atoms with Gasteiger partial charge in [0.25, 0.3) is 5.91 Å². The van der Waals surface area contributed by atoms with Crippen LogP contribution in [-0.2, 0) is 27.1 Å². The lowest BCUT2D eigenvalue weighted by Crippen LogP contribution is -2.07. The normalized spacial score (nSPS) is 13.7. The van der Waals surface area contributed by atoms with Gasteiger partial charge in [-0.05, 0) is 17.7 Å². The molecule has 0 radical (unpaired) electrons. The minimum Gasteiger partial charge on any atom is -0.329 e. The van der Waals surface area contributed by atoms with Crippen molar-refractivity contribution >= 4 is 15.6 Å². The second-order valence-electron chi connectivity index (χ2n) is 6.01. The van der Waals surface area contributed by atoms with Crippen molar-refractivity contribution in [1.29, 1.82) is 0 Å². The summed E-state index contributed by atoms with van der Waals surface area (Å²) in [5.41, 5.74) is 0.716. The first kappa shape index (κ1) is 20.6. The van der Waals surface area contributed by atoms with E-state index in [2.05, 4.69) is 19.0 Å². The van der Waals surface area contributed by atoms with Crippen LogP contribution in [0.3, 0.4) is 0 Å². The van der Waals surface area contributed by atoms with Crippen molar-refractivity contribution in [2.45, 2.75) is 17.5 Å². The highest BCUT2D eigenvalue weighted by Gasteiger charge is 2.38. The van der Waals surface area contributed by atoms with Gasteiger partial charge in [-0.2, -0.15) is 22.5 Å². The van der Waals surface area contributed by atoms with Crippen molar-refractivity contribution in [1.82, 2.24) is 10.1 Å². The molecule has 2 aromatic carbocycles. The molecule has 0 aliphatic rings. The molecule has 3 rings (SSSR count). The van der Waals surface area contributed by atoms with E-state index in [4.69, 9.17) is 0 Å². The molecule has 3 aromatic rings. The van der Waals surface area contributed by atoms with Gasteiger partial charge in [0.15, 0.2) is 0 Å². The Morgan fingerprint density at radius 2 is 1.79 bits per heavy atom. The molecule has 0 N–H and O–H groups in total. The Labute approximate surface area is 162 Å². The first-order valence-electron chi connectivity index (χ1n) is 8.06. The number of hydrogen-bond acceptors (Lipinski definition) is 5. The third kappa shape index (κ3) is 4.86. The summed E-state index contributed by atoms with van der Waals surface area (Å²) in [5, 5.41) is 3.27. The SMILES string of the molecule is CS(=O)(=NC(=O)Cc1ccc(-c2noc(C(F)(F)F)n2)cc1)c1ccccc1F. The predicted molar refractivity (Wildman–Crippen MR) is 94.6 cm³/mol. The van der Waals surface area contributed by atoms with Crippen LogP contribution in [0, 0.1) is 5.82 Å². The van der Waals surface area contributed by atoms with Crippen LogP contribution >= 0.6 is 0 Å². The number of carbonyl (C=O) groups is 1. The number of benzene rings is 2. The van der Waals surface area contributed by atoms with E-state index < -0.39 is 33.5 Å². The van der Waals surface area contributed by atoms with Gasteiger partial charge in [0.1, 0.15) is 5.82 Å². The Bertz CT molecular complexity index is 1160. The number of nitrogens with zero attached hydrogens (tertiary/aromatic N) is 3. The van der Waals surface area contributed by atoms with Crippen LogP contribution in [0.4, 0.5) is 17.6 Å². The molecule has 0 spiro atoms. The molecule has 0 fully saturated rings. The van der Waals surface area contributed by atoms with Crippen LogP contribution in [0.25, 0.3) is 11.4 Å². The number of carbonyl (C=O) groups excluding carboxylic acids is 1. The van der Waals surface area contributed by atoms with E-state index in [1.807, 2.05) is 0 Å². The molecule has 29 heavy (non-hydrogen) atoms. The zero-order chi connectivity index (χ0) is 21.2. The lowest BCUT2D eigenvalue weighted by molar-refractivity contribution is -0.159. The van der Waals surface area contributed by atoms with Gasteiger partial charge in [0.05, 0.1) is 21.0 Å². The molecular weight excluding hydrogens is 414 g/mol. The first-order chi connectivity index (χ1) is 13.6. The van der Waals surface area contributed by atoms with Gasteiger partial charge in [0, 0.05) is 11.8 Å². The molecule has 1 heterocycles. The van der Waals surface area contributed by atoms with E-state index in [-0.39, 0.29) is 22.7 Å². The van der Waals surface area contributed by atoms with E-state index in [1.165, 1.54) is 48.7 Å². The summed E-state index contributed by atoms with van der Waals surface area (Å²) in [4.78, 5) is 15.3. The maximum atomic E-state index is 13.8. The Kier molecular flexibility index (Phi) is 5.51. The zero-order valence-electron chi connectivity index (χ0n) is 14.8. The topological polar surface area (TPSA) is 85.4 Å². The molecule has 152 valence electrons. The number of aromatic nitrogens is 2. The molecule has 1 amide bonds. The summed E-state index contributed by atoms with van der Waals surface area (Å²) >= 11 is 0. The van der Waals surface area contributed by atoms with Crippen LogP contribution in [0.5, 0.6) is 0 Å². The fraction of sp³-hybridized carbons (Fsp3) is 0.167. The number of hydrogen-bond donors (Lipinski definition) is 0. The fourth-order valence-corrected chi connectivity index (χ4v) is 3.74. The highest BCUT2D eigenvalue weighted by Crippen LogP contribution is 2.29. The Morgan fingerprint density at radius 1 is 1.14 bits per heavy atom. The van der Waals surface area contributed by atoms with Gasteiger partial charge < -0.3 is 4.52 Å². The molecule has 0 saturated heterocycles. The third-order valence-corrected chi connectivity index (χ3v) is 5.46. The van der Waals surface area contributed by atoms with E-state index in [9.17, 15) is 26.6 Å². The lowest BCUT2D eigenvalue weighted by Gasteiger charge is -2.05. The number of halogens is 4. The van der Waals surface area contributed by atoms with Crippen molar-refractivity contribution < 1.29 is 31.1 Å². The molecule has 1 unspecified atom stereocenters. The molecular formula is C18H13F4N3O3S. The van der Waals surface area contributed by atoms with Crippen LogP contribution in [0.1, 0.15) is 11.5 Å². The van der Waals surface area contributed by atoms with Gasteiger partial charge in [-0.15, -0.1) is 0 Å². The van der Waals surface area contributed by atoms with Crippen LogP contribution < -0.4 is 0 Å². The average molecular weight is 427 g/mol. The molecule has 1 atom stereocenters. The molecule has 11 heteroatoms. The minimum absolute atomic E-state index is 0.165. The lowest BCUT2D eigenvalue weighted by atomic mass is 10.1. The standard InChI is InChI=1S/C18H13F4N3O3S/c1-29(27,14-5-3-2-4-13(14)19)25-15(26)10-11-6-8-12(9-7-11)16-23-17(28-24-16)18(20,21)22/h2-9H,10H2,1H3. The Morgan fingerprint density at radius 3 is 2.38 bits per heavy atom. The number of amides is 1. The zero-order valence-corrected chi connectivity index (χ0v) is 15.6. The summed E-state index contributed by atoms with van der Waals surface area (Å²) in [5.74, 6) is -3.17. The van der Waals surface area contributed by atoms with Crippen LogP contribution in [0.2, 0.25) is 0 Å². The van der Waals surface area contributed by atoms with E-state index in [0.717, 1.165) is 6.07 Å². The largest absolute Gasteiger partial charge is 0.471 e. The van der Waals surface area contributed by atoms with E-state index in [0.29, 0.717) is 5.56 Å². The maximum absolute atomic E-state index is 13.8. The van der Waals surface area contributed by atoms with Gasteiger partial charge >= 0.3 is 12.1 Å². The van der Waals surface area contributed by atoms with E-state index >= 15 is 0 Å². The maximum Gasteiger partial charge on any atom is 0.471 e. The highest BCUT2D eigenvalue weighted by atomic mass is 32.2. The fourth-order valence-electron chi connectivity index (χ4n) is 2.43. The summed E-state index contributed by atoms with van der Waals surface area (Å²) in [6.07, 6.45) is -3.80. The minimum atomic E-state index is -4.75. The Hall–Kier alpha value is -3.08. The first-order valence-corrected chi connectivity index (χ1v) is 9.98. The predicted octanol–water partition coefficient (Wildman–Crippen LogP) is 4.12. The molecule has 0 aliphatic heterocycles. The van der Waals surface area contributed by atoms with Gasteiger partial charge in [-0.3, -0.25) is 4.79 Å². The molecule has 1 aromatic heterocycles. The van der Waals surface area contributed by atoms with Gasteiger partial charge in [-0.25, -0.2) is 8.60 Å². The third-order valence-electron chi connectivity index (χ3n) is 3.76. The summed E-state index contributed by atoms with van der Waals surface area (Å²) in [6.45, 7) is 0. The molecule has 0 aliphatic carbocycles. The summed E-state index contributed by atoms with van der Waals surface area (Å²) in [6, 6.07) is 11.1. The summed E-state index contributed by atoms with van der Waals surface area (Å²) < 4.78 is 71.7. The molecule has 0 saturated carbocycles. The number of alkyl halides is 3. The second-order valence-corrected chi connectivity index (χ2v) is 8.24. The average Bonchev–Trinajstić information content (AvgIpc) is 3.12. The van der Waals surface area contributed by atoms with Crippen molar-refractivity contribution in [3.8, 4) is 11.4 Å². The smallest absolute Gasteiger partial charge is 0.329 e. The van der Waals surface area contributed by atoms with Crippen molar-refractivity contribution in [3.05, 3.63) is 65.8 Å². The van der Waals surface area contributed by atoms with Gasteiger partial charge in [0.2, 0.25) is 5.82 Å². The molecule has 6 nitrogen and oxygen atoms in total. The van der Waals surface area contributed by atoms with Crippen LogP contribution in [-0.4, -0.2) is 26.5 Å². The van der Waals surface area contributed by atoms with Crippen molar-refractivity contribution in [2.24, 2.45) is 4.36 Å². The van der Waals surface area contributed by atoms with Gasteiger partial charge in [-0.1, -0.05) is 41.6 Å². The van der Waals surface area contributed by atoms with Crippen molar-refractivity contribution in [2.75, 3.05) is 6.26 Å². The second kappa shape index (κ2) is 7.74. The highest BCUT2D eigenvalue weighted by molar-refractivity contribution is 7.93. The summed E-state index contributed by atoms with van der Waals surface area (Å²) in [7, 11) is -3.26.